The molecule has 2 rings (SSSR count). The molecule has 1 N–H and O–H groups in total. The highest BCUT2D eigenvalue weighted by atomic mass is 32.2. The Morgan fingerprint density at radius 3 is 2.53 bits per heavy atom. The van der Waals surface area contributed by atoms with Crippen LogP contribution in [0.1, 0.15) is 6.42 Å². The summed E-state index contributed by atoms with van der Waals surface area (Å²) < 4.78 is 29.4. The van der Waals surface area contributed by atoms with Gasteiger partial charge in [0.15, 0.2) is 0 Å². The van der Waals surface area contributed by atoms with Crippen LogP contribution in [0.25, 0.3) is 0 Å². The number of carbonyl (C=O) groups is 1. The van der Waals surface area contributed by atoms with Crippen molar-refractivity contribution >= 4 is 16.1 Å². The molecule has 1 atom stereocenters. The van der Waals surface area contributed by atoms with E-state index in [1.54, 1.807) is 4.90 Å². The first kappa shape index (κ1) is 14.5. The molecule has 0 aromatic rings. The van der Waals surface area contributed by atoms with E-state index in [0.29, 0.717) is 45.2 Å². The second kappa shape index (κ2) is 6.06. The van der Waals surface area contributed by atoms with Crippen LogP contribution in [0, 0.1) is 5.92 Å². The van der Waals surface area contributed by atoms with E-state index in [1.165, 1.54) is 10.6 Å². The van der Waals surface area contributed by atoms with Gasteiger partial charge >= 0.3 is 6.03 Å². The first-order chi connectivity index (χ1) is 8.97. The largest absolute Gasteiger partial charge is 0.381 e. The van der Waals surface area contributed by atoms with Gasteiger partial charge in [-0.15, -0.1) is 0 Å². The monoisotopic (exact) mass is 291 g/mol. The van der Waals surface area contributed by atoms with E-state index in [9.17, 15) is 13.2 Å². The summed E-state index contributed by atoms with van der Waals surface area (Å²) in [5, 5.41) is 2.89. The summed E-state index contributed by atoms with van der Waals surface area (Å²) in [6, 6.07) is -0.111. The molecule has 2 amide bonds. The number of carbonyl (C=O) groups excluding carboxylic acids is 1. The molecule has 0 bridgehead atoms. The Bertz CT molecular complexity index is 412. The van der Waals surface area contributed by atoms with Gasteiger partial charge in [-0.05, 0) is 6.42 Å². The van der Waals surface area contributed by atoms with Crippen molar-refractivity contribution in [1.82, 2.24) is 14.5 Å². The molecular weight excluding hydrogens is 270 g/mol. The number of ether oxygens (including phenoxy) is 1. The maximum Gasteiger partial charge on any atom is 0.317 e. The van der Waals surface area contributed by atoms with Crippen LogP contribution in [0.4, 0.5) is 4.79 Å². The summed E-state index contributed by atoms with van der Waals surface area (Å²) in [5.74, 6) is 0.404. The van der Waals surface area contributed by atoms with Crippen molar-refractivity contribution in [1.29, 1.82) is 0 Å². The number of amides is 2. The van der Waals surface area contributed by atoms with E-state index < -0.39 is 10.0 Å². The van der Waals surface area contributed by atoms with Crippen LogP contribution in [-0.4, -0.2) is 75.8 Å². The molecular formula is C11H21N3O4S. The third-order valence-electron chi connectivity index (χ3n) is 3.56. The molecule has 2 aliphatic rings. The molecule has 0 aliphatic carbocycles. The molecule has 2 saturated heterocycles. The van der Waals surface area contributed by atoms with Crippen molar-refractivity contribution in [3.63, 3.8) is 0 Å². The van der Waals surface area contributed by atoms with Crippen LogP contribution in [-0.2, 0) is 14.8 Å². The van der Waals surface area contributed by atoms with Gasteiger partial charge in [-0.3, -0.25) is 0 Å². The SMILES string of the molecule is CS(=O)(=O)N1CCN(C(=O)NC[C@H]2CCOC2)CC1. The first-order valence-corrected chi connectivity index (χ1v) is 8.37. The van der Waals surface area contributed by atoms with Crippen LogP contribution in [0.15, 0.2) is 0 Å². The molecule has 2 aliphatic heterocycles. The van der Waals surface area contributed by atoms with Crippen molar-refractivity contribution in [3.05, 3.63) is 0 Å². The Labute approximate surface area is 113 Å². The number of urea groups is 1. The molecule has 0 radical (unpaired) electrons. The predicted octanol–water partition coefficient (Wildman–Crippen LogP) is -0.690. The van der Waals surface area contributed by atoms with E-state index >= 15 is 0 Å². The van der Waals surface area contributed by atoms with Crippen LogP contribution in [0.2, 0.25) is 0 Å². The number of piperazine rings is 1. The molecule has 0 spiro atoms. The van der Waals surface area contributed by atoms with Gasteiger partial charge < -0.3 is 15.0 Å². The summed E-state index contributed by atoms with van der Waals surface area (Å²) in [6.45, 7) is 3.75. The molecule has 0 aromatic heterocycles. The van der Waals surface area contributed by atoms with Crippen molar-refractivity contribution in [2.24, 2.45) is 5.92 Å². The maximum absolute atomic E-state index is 11.9. The van der Waals surface area contributed by atoms with Gasteiger partial charge in [-0.25, -0.2) is 13.2 Å². The summed E-state index contributed by atoms with van der Waals surface area (Å²) >= 11 is 0. The minimum Gasteiger partial charge on any atom is -0.381 e. The lowest BCUT2D eigenvalue weighted by Crippen LogP contribution is -2.53. The van der Waals surface area contributed by atoms with Gasteiger partial charge in [0.05, 0.1) is 12.9 Å². The van der Waals surface area contributed by atoms with Gasteiger partial charge in [0.25, 0.3) is 0 Å². The second-order valence-electron chi connectivity index (χ2n) is 5.06. The van der Waals surface area contributed by atoms with E-state index in [1.807, 2.05) is 0 Å². The smallest absolute Gasteiger partial charge is 0.317 e. The van der Waals surface area contributed by atoms with Crippen LogP contribution in [0.3, 0.4) is 0 Å². The normalized spacial score (nSPS) is 25.5. The second-order valence-corrected chi connectivity index (χ2v) is 7.05. The zero-order valence-electron chi connectivity index (χ0n) is 11.2. The maximum atomic E-state index is 11.9. The minimum absolute atomic E-state index is 0.111. The lowest BCUT2D eigenvalue weighted by molar-refractivity contribution is 0.167. The Kier molecular flexibility index (Phi) is 4.64. The van der Waals surface area contributed by atoms with Gasteiger partial charge in [0, 0.05) is 45.2 Å². The third-order valence-corrected chi connectivity index (χ3v) is 4.86. The third kappa shape index (κ3) is 4.05. The lowest BCUT2D eigenvalue weighted by Gasteiger charge is -2.33. The average molecular weight is 291 g/mol. The molecule has 19 heavy (non-hydrogen) atoms. The standard InChI is InChI=1S/C11H21N3O4S/c1-19(16,17)14-5-3-13(4-6-14)11(15)12-8-10-2-7-18-9-10/h10H,2-9H2,1H3,(H,12,15)/t10-/m1/s1. The molecule has 110 valence electrons. The number of sulfonamides is 1. The first-order valence-electron chi connectivity index (χ1n) is 6.52. The molecule has 2 fully saturated rings. The molecule has 2 heterocycles. The van der Waals surface area contributed by atoms with E-state index in [2.05, 4.69) is 5.32 Å². The van der Waals surface area contributed by atoms with Gasteiger partial charge in [0.2, 0.25) is 10.0 Å². The van der Waals surface area contributed by atoms with Crippen LogP contribution >= 0.6 is 0 Å². The van der Waals surface area contributed by atoms with Gasteiger partial charge in [0.1, 0.15) is 0 Å². The summed E-state index contributed by atoms with van der Waals surface area (Å²) in [5.41, 5.74) is 0. The number of nitrogens with zero attached hydrogens (tertiary/aromatic N) is 2. The zero-order valence-corrected chi connectivity index (χ0v) is 12.0. The lowest BCUT2D eigenvalue weighted by atomic mass is 10.1. The van der Waals surface area contributed by atoms with E-state index in [4.69, 9.17) is 4.74 Å². The highest BCUT2D eigenvalue weighted by Gasteiger charge is 2.26. The fourth-order valence-corrected chi connectivity index (χ4v) is 3.14. The average Bonchev–Trinajstić information content (AvgIpc) is 2.88. The van der Waals surface area contributed by atoms with E-state index in [-0.39, 0.29) is 6.03 Å². The molecule has 7 nitrogen and oxygen atoms in total. The quantitative estimate of drug-likeness (QED) is 0.746. The highest BCUT2D eigenvalue weighted by Crippen LogP contribution is 2.11. The van der Waals surface area contributed by atoms with Crippen molar-refractivity contribution in [3.8, 4) is 0 Å². The fraction of sp³-hybridized carbons (Fsp3) is 0.909. The summed E-state index contributed by atoms with van der Waals surface area (Å²) in [6.07, 6.45) is 2.19. The van der Waals surface area contributed by atoms with Gasteiger partial charge in [-0.2, -0.15) is 4.31 Å². The molecule has 0 aromatic carbocycles. The number of nitrogens with one attached hydrogen (secondary N) is 1. The summed E-state index contributed by atoms with van der Waals surface area (Å²) in [4.78, 5) is 13.6. The van der Waals surface area contributed by atoms with Crippen molar-refractivity contribution in [2.45, 2.75) is 6.42 Å². The minimum atomic E-state index is -3.14. The molecule has 0 saturated carbocycles. The van der Waals surface area contributed by atoms with Crippen LogP contribution in [0.5, 0.6) is 0 Å². The zero-order chi connectivity index (χ0) is 13.9. The van der Waals surface area contributed by atoms with Crippen molar-refractivity contribution in [2.75, 3.05) is 52.2 Å². The predicted molar refractivity (Wildman–Crippen MR) is 70.3 cm³/mol. The molecule has 8 heteroatoms. The topological polar surface area (TPSA) is 79.0 Å². The Hall–Kier alpha value is -0.860. The molecule has 0 unspecified atom stereocenters. The number of rotatable bonds is 3. The van der Waals surface area contributed by atoms with E-state index in [0.717, 1.165) is 13.0 Å². The Morgan fingerprint density at radius 1 is 1.32 bits per heavy atom. The Morgan fingerprint density at radius 2 is 2.00 bits per heavy atom. The fourth-order valence-electron chi connectivity index (χ4n) is 2.31. The highest BCUT2D eigenvalue weighted by molar-refractivity contribution is 7.88. The van der Waals surface area contributed by atoms with Gasteiger partial charge in [-0.1, -0.05) is 0 Å². The van der Waals surface area contributed by atoms with Crippen molar-refractivity contribution < 1.29 is 17.9 Å². The summed E-state index contributed by atoms with van der Waals surface area (Å²) in [7, 11) is -3.14. The number of hydrogen-bond donors (Lipinski definition) is 1. The number of hydrogen-bond acceptors (Lipinski definition) is 4. The van der Waals surface area contributed by atoms with Crippen LogP contribution < -0.4 is 5.32 Å². The Balaban J connectivity index is 1.73.